The Kier molecular flexibility index (Phi) is 4.93. The minimum atomic E-state index is -0.457. The molecule has 2 heterocycles. The predicted molar refractivity (Wildman–Crippen MR) is 96.1 cm³/mol. The molecule has 1 aliphatic rings. The molecule has 0 fully saturated rings. The number of thiophene rings is 2. The van der Waals surface area contributed by atoms with Crippen molar-refractivity contribution in [2.24, 2.45) is 5.73 Å². The Morgan fingerprint density at radius 2 is 2.04 bits per heavy atom. The average Bonchev–Trinajstić information content (AvgIpc) is 3.08. The molecule has 0 unspecified atom stereocenters. The zero-order chi connectivity index (χ0) is 16.2. The first-order chi connectivity index (χ1) is 11.1. The number of fused-ring (bicyclic) bond motifs is 1. The van der Waals surface area contributed by atoms with Crippen molar-refractivity contribution in [2.45, 2.75) is 32.1 Å². The number of amides is 2. The average molecular weight is 346 g/mol. The van der Waals surface area contributed by atoms with Crippen LogP contribution in [0.3, 0.4) is 0 Å². The Morgan fingerprint density at radius 3 is 2.78 bits per heavy atom. The quantitative estimate of drug-likeness (QED) is 0.652. The highest BCUT2D eigenvalue weighted by molar-refractivity contribution is 7.17. The summed E-state index contributed by atoms with van der Waals surface area (Å²) in [7, 11) is 0. The van der Waals surface area contributed by atoms with Crippen molar-refractivity contribution in [1.82, 2.24) is 0 Å². The molecule has 0 radical (unpaired) electrons. The summed E-state index contributed by atoms with van der Waals surface area (Å²) >= 11 is 3.06. The van der Waals surface area contributed by atoms with Crippen LogP contribution in [0, 0.1) is 0 Å². The highest BCUT2D eigenvalue weighted by Crippen LogP contribution is 2.37. The first kappa shape index (κ1) is 16.0. The molecule has 2 aromatic rings. The SMILES string of the molecule is NC(=O)c1c(NC(=O)/C=C/c2cccs2)sc2c1CCCCC2. The van der Waals surface area contributed by atoms with Gasteiger partial charge in [-0.05, 0) is 48.8 Å². The van der Waals surface area contributed by atoms with Crippen LogP contribution >= 0.6 is 22.7 Å². The van der Waals surface area contributed by atoms with Gasteiger partial charge in [0.05, 0.1) is 5.56 Å². The summed E-state index contributed by atoms with van der Waals surface area (Å²) in [6.07, 6.45) is 8.44. The summed E-state index contributed by atoms with van der Waals surface area (Å²) in [6, 6.07) is 3.88. The standard InChI is InChI=1S/C17H18N2O2S2/c18-16(21)15-12-6-2-1-3-7-13(12)23-17(15)19-14(20)9-8-11-5-4-10-22-11/h4-5,8-10H,1-3,6-7H2,(H2,18,21)(H,19,20)/b9-8+. The number of anilines is 1. The number of carbonyl (C=O) groups is 2. The molecule has 2 amide bonds. The van der Waals surface area contributed by atoms with Crippen molar-refractivity contribution in [3.8, 4) is 0 Å². The molecule has 2 aromatic heterocycles. The highest BCUT2D eigenvalue weighted by Gasteiger charge is 2.23. The number of carbonyl (C=O) groups excluding carboxylic acids is 2. The second-order valence-corrected chi connectivity index (χ2v) is 7.56. The predicted octanol–water partition coefficient (Wildman–Crippen LogP) is 3.83. The third-order valence-corrected chi connectivity index (χ3v) is 5.89. The number of aryl methyl sites for hydroxylation is 1. The largest absolute Gasteiger partial charge is 0.365 e. The van der Waals surface area contributed by atoms with Crippen molar-refractivity contribution in [2.75, 3.05) is 5.32 Å². The van der Waals surface area contributed by atoms with Crippen LogP contribution in [-0.4, -0.2) is 11.8 Å². The van der Waals surface area contributed by atoms with Gasteiger partial charge in [-0.15, -0.1) is 22.7 Å². The van der Waals surface area contributed by atoms with Gasteiger partial charge in [-0.2, -0.15) is 0 Å². The first-order valence-electron chi connectivity index (χ1n) is 7.62. The third-order valence-electron chi connectivity index (χ3n) is 3.85. The lowest BCUT2D eigenvalue weighted by Gasteiger charge is -2.04. The molecule has 0 saturated carbocycles. The van der Waals surface area contributed by atoms with E-state index < -0.39 is 5.91 Å². The van der Waals surface area contributed by atoms with E-state index in [0.717, 1.165) is 36.1 Å². The number of nitrogens with one attached hydrogen (secondary N) is 1. The summed E-state index contributed by atoms with van der Waals surface area (Å²) in [5.41, 5.74) is 7.10. The molecule has 4 nitrogen and oxygen atoms in total. The maximum atomic E-state index is 12.1. The van der Waals surface area contributed by atoms with Crippen LogP contribution < -0.4 is 11.1 Å². The minimum absolute atomic E-state index is 0.239. The van der Waals surface area contributed by atoms with Gasteiger partial charge in [-0.25, -0.2) is 0 Å². The lowest BCUT2D eigenvalue weighted by Crippen LogP contribution is -2.16. The molecule has 0 atom stereocenters. The van der Waals surface area contributed by atoms with Crippen LogP contribution in [-0.2, 0) is 17.6 Å². The number of rotatable bonds is 4. The van der Waals surface area contributed by atoms with Crippen molar-refractivity contribution in [1.29, 1.82) is 0 Å². The molecule has 0 bridgehead atoms. The third kappa shape index (κ3) is 3.71. The molecule has 23 heavy (non-hydrogen) atoms. The lowest BCUT2D eigenvalue weighted by molar-refractivity contribution is -0.111. The van der Waals surface area contributed by atoms with E-state index in [1.54, 1.807) is 17.4 Å². The van der Waals surface area contributed by atoms with E-state index in [4.69, 9.17) is 5.73 Å². The van der Waals surface area contributed by atoms with E-state index >= 15 is 0 Å². The molecular formula is C17H18N2O2S2. The Balaban J connectivity index is 1.82. The summed E-state index contributed by atoms with van der Waals surface area (Å²) in [4.78, 5) is 26.2. The summed E-state index contributed by atoms with van der Waals surface area (Å²) in [5, 5.41) is 5.37. The van der Waals surface area contributed by atoms with E-state index in [-0.39, 0.29) is 5.91 Å². The second-order valence-electron chi connectivity index (χ2n) is 5.47. The molecule has 0 saturated heterocycles. The van der Waals surface area contributed by atoms with Gasteiger partial charge in [0, 0.05) is 15.8 Å². The molecule has 6 heteroatoms. The minimum Gasteiger partial charge on any atom is -0.365 e. The van der Waals surface area contributed by atoms with Crippen molar-refractivity contribution >= 4 is 45.6 Å². The molecule has 0 aliphatic heterocycles. The van der Waals surface area contributed by atoms with Gasteiger partial charge in [0.25, 0.3) is 5.91 Å². The van der Waals surface area contributed by atoms with Crippen LogP contribution in [0.5, 0.6) is 0 Å². The lowest BCUT2D eigenvalue weighted by atomic mass is 10.1. The topological polar surface area (TPSA) is 72.2 Å². The van der Waals surface area contributed by atoms with Crippen LogP contribution in [0.4, 0.5) is 5.00 Å². The molecule has 0 spiro atoms. The van der Waals surface area contributed by atoms with Gasteiger partial charge in [0.2, 0.25) is 5.91 Å². The van der Waals surface area contributed by atoms with Crippen LogP contribution in [0.25, 0.3) is 6.08 Å². The number of nitrogens with two attached hydrogens (primary N) is 1. The van der Waals surface area contributed by atoms with Crippen molar-refractivity contribution in [3.05, 3.63) is 44.5 Å². The fraction of sp³-hybridized carbons (Fsp3) is 0.294. The van der Waals surface area contributed by atoms with Crippen LogP contribution in [0.2, 0.25) is 0 Å². The van der Waals surface area contributed by atoms with Crippen molar-refractivity contribution in [3.63, 3.8) is 0 Å². The summed E-state index contributed by atoms with van der Waals surface area (Å²) in [5.74, 6) is -0.695. The van der Waals surface area contributed by atoms with Gasteiger partial charge in [0.1, 0.15) is 5.00 Å². The smallest absolute Gasteiger partial charge is 0.251 e. The van der Waals surface area contributed by atoms with Gasteiger partial charge in [0.15, 0.2) is 0 Å². The molecule has 0 aromatic carbocycles. The zero-order valence-corrected chi connectivity index (χ0v) is 14.3. The van der Waals surface area contributed by atoms with Gasteiger partial charge in [-0.1, -0.05) is 12.5 Å². The number of hydrogen-bond donors (Lipinski definition) is 2. The first-order valence-corrected chi connectivity index (χ1v) is 9.31. The van der Waals surface area contributed by atoms with E-state index in [1.807, 2.05) is 17.5 Å². The molecule has 120 valence electrons. The number of hydrogen-bond acceptors (Lipinski definition) is 4. The maximum absolute atomic E-state index is 12.1. The molecule has 1 aliphatic carbocycles. The van der Waals surface area contributed by atoms with Crippen LogP contribution in [0.15, 0.2) is 23.6 Å². The second kappa shape index (κ2) is 7.10. The highest BCUT2D eigenvalue weighted by atomic mass is 32.1. The Bertz CT molecular complexity index is 745. The van der Waals surface area contributed by atoms with Gasteiger partial charge < -0.3 is 11.1 Å². The Labute approximate surface area is 143 Å². The normalized spacial score (nSPS) is 14.4. The zero-order valence-electron chi connectivity index (χ0n) is 12.6. The summed E-state index contributed by atoms with van der Waals surface area (Å²) in [6.45, 7) is 0. The number of primary amides is 1. The maximum Gasteiger partial charge on any atom is 0.251 e. The van der Waals surface area contributed by atoms with E-state index in [0.29, 0.717) is 10.6 Å². The fourth-order valence-corrected chi connectivity index (χ4v) is 4.70. The molecular weight excluding hydrogens is 328 g/mol. The van der Waals surface area contributed by atoms with E-state index in [9.17, 15) is 9.59 Å². The van der Waals surface area contributed by atoms with E-state index in [2.05, 4.69) is 5.32 Å². The Morgan fingerprint density at radius 1 is 1.22 bits per heavy atom. The monoisotopic (exact) mass is 346 g/mol. The Hall–Kier alpha value is -1.92. The van der Waals surface area contributed by atoms with E-state index in [1.165, 1.54) is 28.7 Å². The summed E-state index contributed by atoms with van der Waals surface area (Å²) < 4.78 is 0. The van der Waals surface area contributed by atoms with Crippen molar-refractivity contribution < 1.29 is 9.59 Å². The molecule has 3 N–H and O–H groups in total. The van der Waals surface area contributed by atoms with Crippen LogP contribution in [0.1, 0.15) is 44.9 Å². The van der Waals surface area contributed by atoms with Gasteiger partial charge in [-0.3, -0.25) is 9.59 Å². The molecule has 3 rings (SSSR count). The van der Waals surface area contributed by atoms with Gasteiger partial charge >= 0.3 is 0 Å². The fourth-order valence-electron chi connectivity index (χ4n) is 2.79.